The van der Waals surface area contributed by atoms with Gasteiger partial charge in [-0.05, 0) is 55.1 Å². The highest BCUT2D eigenvalue weighted by atomic mass is 32.1. The summed E-state index contributed by atoms with van der Waals surface area (Å²) < 4.78 is 9.28. The summed E-state index contributed by atoms with van der Waals surface area (Å²) in [6, 6.07) is 6.64. The number of nitrogens with one attached hydrogen (secondary N) is 3. The van der Waals surface area contributed by atoms with Crippen LogP contribution in [-0.2, 0) is 11.2 Å². The van der Waals surface area contributed by atoms with Gasteiger partial charge in [-0.2, -0.15) is 0 Å². The van der Waals surface area contributed by atoms with Crippen molar-refractivity contribution in [1.82, 2.24) is 14.9 Å². The molecule has 8 nitrogen and oxygen atoms in total. The summed E-state index contributed by atoms with van der Waals surface area (Å²) in [4.78, 5) is 24.7. The highest BCUT2D eigenvalue weighted by Gasteiger charge is 2.17. The Labute approximate surface area is 155 Å². The van der Waals surface area contributed by atoms with Gasteiger partial charge in [-0.15, -0.1) is 5.10 Å². The minimum Gasteiger partial charge on any atom is -0.376 e. The van der Waals surface area contributed by atoms with Crippen molar-refractivity contribution in [3.8, 4) is 0 Å². The van der Waals surface area contributed by atoms with E-state index in [1.54, 1.807) is 24.3 Å². The number of carbonyl (C=O) groups excluding carboxylic acids is 2. The Hall–Kier alpha value is -2.52. The molecule has 2 heterocycles. The topological polar surface area (TPSA) is 105 Å². The molecule has 138 valence electrons. The van der Waals surface area contributed by atoms with Gasteiger partial charge < -0.3 is 20.7 Å². The molecule has 3 amide bonds. The molecular weight excluding hydrogens is 354 g/mol. The van der Waals surface area contributed by atoms with E-state index >= 15 is 0 Å². The number of amides is 3. The van der Waals surface area contributed by atoms with Crippen molar-refractivity contribution in [2.45, 2.75) is 32.3 Å². The summed E-state index contributed by atoms with van der Waals surface area (Å²) in [5, 5.41) is 12.3. The molecule has 1 aliphatic heterocycles. The molecule has 9 heteroatoms. The minimum atomic E-state index is -0.277. The average molecular weight is 375 g/mol. The third-order valence-corrected chi connectivity index (χ3v) is 4.78. The molecule has 0 radical (unpaired) electrons. The number of nitrogens with zero attached hydrogens (tertiary/aromatic N) is 2. The lowest BCUT2D eigenvalue weighted by molar-refractivity contribution is 0.102. The van der Waals surface area contributed by atoms with Crippen LogP contribution in [0, 0.1) is 0 Å². The van der Waals surface area contributed by atoms with Crippen molar-refractivity contribution in [2.75, 3.05) is 23.8 Å². The van der Waals surface area contributed by atoms with Gasteiger partial charge >= 0.3 is 6.03 Å². The molecule has 26 heavy (non-hydrogen) atoms. The van der Waals surface area contributed by atoms with Crippen LogP contribution < -0.4 is 16.0 Å². The number of carbonyl (C=O) groups is 2. The van der Waals surface area contributed by atoms with Crippen LogP contribution >= 0.6 is 11.5 Å². The number of benzene rings is 1. The molecule has 1 unspecified atom stereocenters. The van der Waals surface area contributed by atoms with Crippen LogP contribution in [0.3, 0.4) is 0 Å². The van der Waals surface area contributed by atoms with Crippen LogP contribution in [0.1, 0.15) is 35.1 Å². The summed E-state index contributed by atoms with van der Waals surface area (Å²) in [6.45, 7) is 3.19. The van der Waals surface area contributed by atoms with Crippen molar-refractivity contribution >= 4 is 34.8 Å². The van der Waals surface area contributed by atoms with E-state index in [1.807, 2.05) is 6.92 Å². The fourth-order valence-corrected chi connectivity index (χ4v) is 3.27. The summed E-state index contributed by atoms with van der Waals surface area (Å²) in [7, 11) is 0. The van der Waals surface area contributed by atoms with Gasteiger partial charge in [-0.1, -0.05) is 11.4 Å². The average Bonchev–Trinajstić information content (AvgIpc) is 3.33. The Morgan fingerprint density at radius 1 is 1.23 bits per heavy atom. The fraction of sp³-hybridized carbons (Fsp3) is 0.412. The van der Waals surface area contributed by atoms with Gasteiger partial charge in [0.15, 0.2) is 0 Å². The molecule has 3 N–H and O–H groups in total. The molecule has 2 aromatic rings. The van der Waals surface area contributed by atoms with E-state index in [0.29, 0.717) is 34.9 Å². The maximum Gasteiger partial charge on any atom is 0.319 e. The van der Waals surface area contributed by atoms with Gasteiger partial charge in [-0.3, -0.25) is 4.79 Å². The standard InChI is InChI=1S/C17H21N5O3S/c1-2-14-15(26-22-21-14)16(23)19-11-5-7-12(8-6-11)20-17(24)18-10-13-4-3-9-25-13/h5-8,13H,2-4,9-10H2,1H3,(H,19,23)(H2,18,20,24). The molecule has 1 aliphatic rings. The summed E-state index contributed by atoms with van der Waals surface area (Å²) in [6.07, 6.45) is 2.78. The van der Waals surface area contributed by atoms with Gasteiger partial charge in [0, 0.05) is 24.5 Å². The molecule has 0 aliphatic carbocycles. The normalized spacial score (nSPS) is 16.3. The molecule has 0 bridgehead atoms. The highest BCUT2D eigenvalue weighted by Crippen LogP contribution is 2.17. The number of aromatic nitrogens is 2. The SMILES string of the molecule is CCc1nnsc1C(=O)Nc1ccc(NC(=O)NCC2CCCO2)cc1. The molecule has 0 saturated carbocycles. The van der Waals surface area contributed by atoms with Crippen LogP contribution in [0.15, 0.2) is 24.3 Å². The Balaban J connectivity index is 1.49. The van der Waals surface area contributed by atoms with E-state index in [9.17, 15) is 9.59 Å². The Morgan fingerprint density at radius 2 is 1.96 bits per heavy atom. The zero-order valence-electron chi connectivity index (χ0n) is 14.4. The summed E-state index contributed by atoms with van der Waals surface area (Å²) in [5.74, 6) is -0.230. The number of ether oxygens (including phenoxy) is 1. The molecule has 1 fully saturated rings. The molecular formula is C17H21N5O3S. The van der Waals surface area contributed by atoms with Crippen molar-refractivity contribution in [2.24, 2.45) is 0 Å². The monoisotopic (exact) mass is 375 g/mol. The summed E-state index contributed by atoms with van der Waals surface area (Å²) in [5.41, 5.74) is 1.96. The second-order valence-electron chi connectivity index (χ2n) is 5.90. The van der Waals surface area contributed by atoms with Gasteiger partial charge in [-0.25, -0.2) is 4.79 Å². The summed E-state index contributed by atoms with van der Waals surface area (Å²) >= 11 is 1.08. The number of anilines is 2. The first-order chi connectivity index (χ1) is 12.7. The van der Waals surface area contributed by atoms with Crippen molar-refractivity contribution in [3.63, 3.8) is 0 Å². The maximum absolute atomic E-state index is 12.3. The molecule has 0 spiro atoms. The molecule has 1 aromatic carbocycles. The van der Waals surface area contributed by atoms with Crippen molar-refractivity contribution < 1.29 is 14.3 Å². The predicted octanol–water partition coefficient (Wildman–Crippen LogP) is 2.65. The number of rotatable bonds is 6. The first-order valence-corrected chi connectivity index (χ1v) is 9.32. The zero-order valence-corrected chi connectivity index (χ0v) is 15.3. The second-order valence-corrected chi connectivity index (χ2v) is 6.66. The number of urea groups is 1. The van der Waals surface area contributed by atoms with Gasteiger partial charge in [0.1, 0.15) is 4.88 Å². The third kappa shape index (κ3) is 4.77. The minimum absolute atomic E-state index is 0.104. The van der Waals surface area contributed by atoms with E-state index in [4.69, 9.17) is 4.74 Å². The lowest BCUT2D eigenvalue weighted by atomic mass is 10.2. The maximum atomic E-state index is 12.3. The van der Waals surface area contributed by atoms with Crippen molar-refractivity contribution in [1.29, 1.82) is 0 Å². The number of hydrogen-bond acceptors (Lipinski definition) is 6. The van der Waals surface area contributed by atoms with Crippen molar-refractivity contribution in [3.05, 3.63) is 34.8 Å². The van der Waals surface area contributed by atoms with E-state index in [-0.39, 0.29) is 18.0 Å². The largest absolute Gasteiger partial charge is 0.376 e. The Kier molecular flexibility index (Phi) is 6.13. The Morgan fingerprint density at radius 3 is 2.62 bits per heavy atom. The third-order valence-electron chi connectivity index (χ3n) is 4.01. The first-order valence-electron chi connectivity index (χ1n) is 8.55. The lowest BCUT2D eigenvalue weighted by Crippen LogP contribution is -2.35. The van der Waals surface area contributed by atoms with Crippen LogP contribution in [0.4, 0.5) is 16.2 Å². The number of aryl methyl sites for hydroxylation is 1. The molecule has 1 aromatic heterocycles. The Bertz CT molecular complexity index is 756. The van der Waals surface area contributed by atoms with Gasteiger partial charge in [0.2, 0.25) is 0 Å². The lowest BCUT2D eigenvalue weighted by Gasteiger charge is -2.12. The smallest absolute Gasteiger partial charge is 0.319 e. The van der Waals surface area contributed by atoms with Crippen LogP contribution in [0.25, 0.3) is 0 Å². The molecule has 1 atom stereocenters. The zero-order chi connectivity index (χ0) is 18.4. The van der Waals surface area contributed by atoms with Gasteiger partial charge in [0.25, 0.3) is 5.91 Å². The van der Waals surface area contributed by atoms with E-state index in [2.05, 4.69) is 25.5 Å². The van der Waals surface area contributed by atoms with E-state index in [0.717, 1.165) is 31.0 Å². The first kappa shape index (κ1) is 18.3. The second kappa shape index (κ2) is 8.72. The van der Waals surface area contributed by atoms with Gasteiger partial charge in [0.05, 0.1) is 11.8 Å². The molecule has 3 rings (SSSR count). The highest BCUT2D eigenvalue weighted by molar-refractivity contribution is 7.08. The van der Waals surface area contributed by atoms with E-state index < -0.39 is 0 Å². The van der Waals surface area contributed by atoms with Crippen LogP contribution in [0.2, 0.25) is 0 Å². The quantitative estimate of drug-likeness (QED) is 0.720. The number of hydrogen-bond donors (Lipinski definition) is 3. The fourth-order valence-electron chi connectivity index (χ4n) is 2.62. The van der Waals surface area contributed by atoms with Crippen LogP contribution in [-0.4, -0.2) is 40.8 Å². The molecule has 1 saturated heterocycles. The van der Waals surface area contributed by atoms with Crippen LogP contribution in [0.5, 0.6) is 0 Å². The predicted molar refractivity (Wildman–Crippen MR) is 99.7 cm³/mol. The van der Waals surface area contributed by atoms with E-state index in [1.165, 1.54) is 0 Å².